The van der Waals surface area contributed by atoms with E-state index in [0.717, 1.165) is 56.8 Å². The van der Waals surface area contributed by atoms with Gasteiger partial charge in [0.1, 0.15) is 36.9 Å². The third-order valence-corrected chi connectivity index (χ3v) is 5.45. The molecule has 0 N–H and O–H groups in total. The van der Waals surface area contributed by atoms with Crippen LogP contribution in [0, 0.1) is 0 Å². The number of hydrogen-bond donors (Lipinski definition) is 0. The normalized spacial score (nSPS) is 19.8. The molecule has 2 atom stereocenters. The van der Waals surface area contributed by atoms with Crippen molar-refractivity contribution >= 4 is 0 Å². The van der Waals surface area contributed by atoms with Crippen LogP contribution in [-0.2, 0) is 28.7 Å². The molecule has 0 amide bonds. The second-order valence-corrected chi connectivity index (χ2v) is 8.07. The SMILES string of the molecule is CCCc1ccc(OCC2CO2)cc1Cc1cc(OCC2CO2)ccc1CCC. The van der Waals surface area contributed by atoms with Crippen LogP contribution in [0.2, 0.25) is 0 Å². The van der Waals surface area contributed by atoms with Crippen LogP contribution in [0.25, 0.3) is 0 Å². The summed E-state index contributed by atoms with van der Waals surface area (Å²) in [7, 11) is 0. The van der Waals surface area contributed by atoms with Crippen molar-refractivity contribution in [2.45, 2.75) is 58.2 Å². The molecule has 2 aliphatic rings. The Kier molecular flexibility index (Phi) is 6.73. The molecule has 2 heterocycles. The van der Waals surface area contributed by atoms with E-state index >= 15 is 0 Å². The van der Waals surface area contributed by atoms with Gasteiger partial charge in [0.2, 0.25) is 0 Å². The van der Waals surface area contributed by atoms with Crippen molar-refractivity contribution in [1.29, 1.82) is 0 Å². The Hall–Kier alpha value is -2.04. The fourth-order valence-corrected chi connectivity index (χ4v) is 3.65. The van der Waals surface area contributed by atoms with Gasteiger partial charge in [-0.05, 0) is 65.8 Å². The zero-order valence-electron chi connectivity index (χ0n) is 17.6. The molecule has 2 fully saturated rings. The van der Waals surface area contributed by atoms with E-state index in [-0.39, 0.29) is 12.2 Å². The number of benzene rings is 2. The summed E-state index contributed by atoms with van der Waals surface area (Å²) in [6.07, 6.45) is 5.88. The largest absolute Gasteiger partial charge is 0.491 e. The van der Waals surface area contributed by atoms with E-state index in [0.29, 0.717) is 13.2 Å². The van der Waals surface area contributed by atoms with Gasteiger partial charge in [-0.15, -0.1) is 0 Å². The van der Waals surface area contributed by atoms with Gasteiger partial charge < -0.3 is 18.9 Å². The third-order valence-electron chi connectivity index (χ3n) is 5.45. The van der Waals surface area contributed by atoms with Gasteiger partial charge in [0.25, 0.3) is 0 Å². The van der Waals surface area contributed by atoms with Gasteiger partial charge >= 0.3 is 0 Å². The number of epoxide rings is 2. The molecule has 0 radical (unpaired) electrons. The lowest BCUT2D eigenvalue weighted by Gasteiger charge is -2.16. The van der Waals surface area contributed by atoms with Crippen molar-refractivity contribution in [2.75, 3.05) is 26.4 Å². The lowest BCUT2D eigenvalue weighted by atomic mass is 9.93. The Labute approximate surface area is 174 Å². The van der Waals surface area contributed by atoms with Crippen molar-refractivity contribution in [3.05, 3.63) is 58.7 Å². The van der Waals surface area contributed by atoms with Crippen LogP contribution in [0.5, 0.6) is 11.5 Å². The Morgan fingerprint density at radius 2 is 1.17 bits per heavy atom. The van der Waals surface area contributed by atoms with E-state index in [1.54, 1.807) is 0 Å². The monoisotopic (exact) mass is 396 g/mol. The maximum absolute atomic E-state index is 5.95. The number of aryl methyl sites for hydroxylation is 2. The zero-order chi connectivity index (χ0) is 20.1. The molecule has 2 aliphatic heterocycles. The molecule has 4 heteroatoms. The Balaban J connectivity index is 1.55. The van der Waals surface area contributed by atoms with Crippen molar-refractivity contribution in [3.63, 3.8) is 0 Å². The molecule has 0 aromatic heterocycles. The molecule has 29 heavy (non-hydrogen) atoms. The van der Waals surface area contributed by atoms with E-state index in [9.17, 15) is 0 Å². The van der Waals surface area contributed by atoms with Crippen molar-refractivity contribution in [1.82, 2.24) is 0 Å². The molecule has 4 nitrogen and oxygen atoms in total. The number of rotatable bonds is 12. The van der Waals surface area contributed by atoms with E-state index in [2.05, 4.69) is 50.2 Å². The van der Waals surface area contributed by atoms with Gasteiger partial charge in [0, 0.05) is 0 Å². The lowest BCUT2D eigenvalue weighted by molar-refractivity contribution is 0.262. The molecule has 156 valence electrons. The van der Waals surface area contributed by atoms with Crippen molar-refractivity contribution in [2.24, 2.45) is 0 Å². The lowest BCUT2D eigenvalue weighted by Crippen LogP contribution is -2.07. The average molecular weight is 397 g/mol. The molecule has 0 spiro atoms. The second kappa shape index (κ2) is 9.64. The summed E-state index contributed by atoms with van der Waals surface area (Å²) in [6.45, 7) is 7.38. The van der Waals surface area contributed by atoms with Gasteiger partial charge in [0.05, 0.1) is 13.2 Å². The average Bonchev–Trinajstić information content (AvgIpc) is 3.63. The third kappa shape index (κ3) is 5.97. The second-order valence-electron chi connectivity index (χ2n) is 8.07. The maximum atomic E-state index is 5.95. The van der Waals surface area contributed by atoms with Crippen molar-refractivity contribution < 1.29 is 18.9 Å². The van der Waals surface area contributed by atoms with Crippen LogP contribution in [0.3, 0.4) is 0 Å². The predicted octanol–water partition coefficient (Wildman–Crippen LogP) is 4.74. The van der Waals surface area contributed by atoms with Gasteiger partial charge in [-0.25, -0.2) is 0 Å². The highest BCUT2D eigenvalue weighted by molar-refractivity contribution is 5.43. The predicted molar refractivity (Wildman–Crippen MR) is 114 cm³/mol. The van der Waals surface area contributed by atoms with Crippen LogP contribution in [0.15, 0.2) is 36.4 Å². The highest BCUT2D eigenvalue weighted by Crippen LogP contribution is 2.27. The Morgan fingerprint density at radius 3 is 1.55 bits per heavy atom. The minimum absolute atomic E-state index is 0.272. The van der Waals surface area contributed by atoms with Crippen molar-refractivity contribution in [3.8, 4) is 11.5 Å². The molecule has 2 unspecified atom stereocenters. The zero-order valence-corrected chi connectivity index (χ0v) is 17.6. The van der Waals surface area contributed by atoms with Crippen LogP contribution in [0.1, 0.15) is 48.9 Å². The fraction of sp³-hybridized carbons (Fsp3) is 0.520. The minimum atomic E-state index is 0.272. The molecule has 0 bridgehead atoms. The van der Waals surface area contributed by atoms with E-state index in [1.807, 2.05) is 0 Å². The summed E-state index contributed by atoms with van der Waals surface area (Å²) in [5.41, 5.74) is 5.51. The molecule has 2 saturated heterocycles. The molecular formula is C25H32O4. The van der Waals surface area contributed by atoms with Gasteiger partial charge in [-0.3, -0.25) is 0 Å². The Morgan fingerprint density at radius 1 is 0.724 bits per heavy atom. The summed E-state index contributed by atoms with van der Waals surface area (Å²) < 4.78 is 22.4. The minimum Gasteiger partial charge on any atom is -0.491 e. The fourth-order valence-electron chi connectivity index (χ4n) is 3.65. The van der Waals surface area contributed by atoms with E-state index in [4.69, 9.17) is 18.9 Å². The first kappa shape index (κ1) is 20.2. The van der Waals surface area contributed by atoms with Crippen LogP contribution in [-0.4, -0.2) is 38.6 Å². The first-order valence-electron chi connectivity index (χ1n) is 11.0. The quantitative estimate of drug-likeness (QED) is 0.486. The summed E-state index contributed by atoms with van der Waals surface area (Å²) in [6, 6.07) is 13.1. The summed E-state index contributed by atoms with van der Waals surface area (Å²) in [5, 5.41) is 0. The van der Waals surface area contributed by atoms with Gasteiger partial charge in [-0.2, -0.15) is 0 Å². The summed E-state index contributed by atoms with van der Waals surface area (Å²) in [4.78, 5) is 0. The van der Waals surface area contributed by atoms with Crippen LogP contribution < -0.4 is 9.47 Å². The first-order valence-corrected chi connectivity index (χ1v) is 11.0. The van der Waals surface area contributed by atoms with Crippen LogP contribution in [0.4, 0.5) is 0 Å². The molecule has 2 aromatic carbocycles. The topological polar surface area (TPSA) is 43.5 Å². The number of hydrogen-bond acceptors (Lipinski definition) is 4. The summed E-state index contributed by atoms with van der Waals surface area (Å²) in [5.74, 6) is 1.87. The van der Waals surface area contributed by atoms with Gasteiger partial charge in [-0.1, -0.05) is 38.8 Å². The molecule has 2 aromatic rings. The smallest absolute Gasteiger partial charge is 0.119 e. The molecule has 0 saturated carbocycles. The highest BCUT2D eigenvalue weighted by Gasteiger charge is 2.24. The summed E-state index contributed by atoms with van der Waals surface area (Å²) >= 11 is 0. The van der Waals surface area contributed by atoms with Crippen LogP contribution >= 0.6 is 0 Å². The first-order chi connectivity index (χ1) is 14.2. The van der Waals surface area contributed by atoms with Gasteiger partial charge in [0.15, 0.2) is 0 Å². The molecule has 4 rings (SSSR count). The molecule has 0 aliphatic carbocycles. The Bertz CT molecular complexity index is 741. The molecular weight excluding hydrogens is 364 g/mol. The maximum Gasteiger partial charge on any atom is 0.119 e. The highest BCUT2D eigenvalue weighted by atomic mass is 16.6. The number of ether oxygens (including phenoxy) is 4. The standard InChI is InChI=1S/C25H32O4/c1-3-5-18-7-9-22(26-14-24-16-28-24)12-20(18)11-21-13-23(27-15-25-17-29-25)10-8-19(21)6-4-2/h7-10,12-13,24-25H,3-6,11,14-17H2,1-2H3. The van der Waals surface area contributed by atoms with E-state index in [1.165, 1.54) is 22.3 Å². The van der Waals surface area contributed by atoms with E-state index < -0.39 is 0 Å².